The van der Waals surface area contributed by atoms with Gasteiger partial charge < -0.3 is 0 Å². The summed E-state index contributed by atoms with van der Waals surface area (Å²) in [6.07, 6.45) is 0. The molecule has 0 heterocycles. The maximum absolute atomic E-state index is 13.6. The summed E-state index contributed by atoms with van der Waals surface area (Å²) in [5, 5.41) is 0. The van der Waals surface area contributed by atoms with Crippen molar-refractivity contribution >= 4 is 22.0 Å². The maximum atomic E-state index is 13.6. The monoisotopic (exact) mass is 456 g/mol. The standard InChI is InChI=1S/C22H30F2N2O2S2/c1-21(2,3)29(27)25-19(15-7-11-17(23)12-8-15)20(26-30(28)22(4,5)6)16-9-13-18(24)14-10-16/h7-14,19-20,25-26H,1-6H3/t19-,20-,29+,30+/m0/s1. The second-order valence-electron chi connectivity index (χ2n) is 9.06. The molecule has 0 amide bonds. The Morgan fingerprint density at radius 1 is 0.633 bits per heavy atom. The fourth-order valence-corrected chi connectivity index (χ4v) is 4.29. The lowest BCUT2D eigenvalue weighted by Gasteiger charge is -2.33. The molecule has 0 unspecified atom stereocenters. The van der Waals surface area contributed by atoms with Crippen molar-refractivity contribution < 1.29 is 17.2 Å². The molecule has 166 valence electrons. The van der Waals surface area contributed by atoms with Gasteiger partial charge in [-0.25, -0.2) is 26.6 Å². The van der Waals surface area contributed by atoms with E-state index >= 15 is 0 Å². The van der Waals surface area contributed by atoms with Gasteiger partial charge in [0.2, 0.25) is 0 Å². The first kappa shape index (κ1) is 24.8. The SMILES string of the molecule is CC(C)(C)[S@@](=O)N[C@@H](c1ccc(F)cc1)[C@@H](N[S@](=O)C(C)(C)C)c1ccc(F)cc1. The Morgan fingerprint density at radius 2 is 0.900 bits per heavy atom. The largest absolute Gasteiger partial charge is 0.242 e. The highest BCUT2D eigenvalue weighted by molar-refractivity contribution is 7.84. The minimum absolute atomic E-state index is 0.390. The Kier molecular flexibility index (Phi) is 8.07. The van der Waals surface area contributed by atoms with E-state index in [0.717, 1.165) is 0 Å². The lowest BCUT2D eigenvalue weighted by molar-refractivity contribution is 0.483. The molecule has 0 spiro atoms. The molecule has 0 aliphatic carbocycles. The molecule has 2 aromatic rings. The van der Waals surface area contributed by atoms with Crippen molar-refractivity contribution in [1.82, 2.24) is 9.44 Å². The summed E-state index contributed by atoms with van der Waals surface area (Å²) in [7, 11) is -2.93. The maximum Gasteiger partial charge on any atom is 0.123 e. The molecule has 0 radical (unpaired) electrons. The van der Waals surface area contributed by atoms with Crippen LogP contribution in [0, 0.1) is 11.6 Å². The van der Waals surface area contributed by atoms with Crippen LogP contribution < -0.4 is 9.44 Å². The van der Waals surface area contributed by atoms with Crippen molar-refractivity contribution in [2.45, 2.75) is 63.1 Å². The normalized spacial score (nSPS) is 16.7. The van der Waals surface area contributed by atoms with Crippen LogP contribution >= 0.6 is 0 Å². The van der Waals surface area contributed by atoms with Gasteiger partial charge in [0.15, 0.2) is 0 Å². The van der Waals surface area contributed by atoms with Gasteiger partial charge in [-0.1, -0.05) is 24.3 Å². The smallest absolute Gasteiger partial charge is 0.123 e. The minimum atomic E-state index is -1.46. The van der Waals surface area contributed by atoms with Gasteiger partial charge in [0.25, 0.3) is 0 Å². The zero-order chi connectivity index (χ0) is 22.7. The first-order valence-corrected chi connectivity index (χ1v) is 12.0. The van der Waals surface area contributed by atoms with E-state index in [9.17, 15) is 17.2 Å². The van der Waals surface area contributed by atoms with Crippen LogP contribution in [0.15, 0.2) is 48.5 Å². The molecule has 0 aromatic heterocycles. The number of halogens is 2. The highest BCUT2D eigenvalue weighted by Crippen LogP contribution is 2.32. The molecule has 0 aliphatic rings. The van der Waals surface area contributed by atoms with E-state index in [4.69, 9.17) is 0 Å². The second kappa shape index (κ2) is 9.77. The minimum Gasteiger partial charge on any atom is -0.242 e. The quantitative estimate of drug-likeness (QED) is 0.626. The van der Waals surface area contributed by atoms with E-state index in [1.54, 1.807) is 24.3 Å². The van der Waals surface area contributed by atoms with Crippen LogP contribution in [-0.2, 0) is 22.0 Å². The molecular weight excluding hydrogens is 426 g/mol. The number of benzene rings is 2. The number of hydrogen-bond acceptors (Lipinski definition) is 2. The highest BCUT2D eigenvalue weighted by Gasteiger charge is 2.33. The van der Waals surface area contributed by atoms with Gasteiger partial charge in [-0.15, -0.1) is 0 Å². The molecule has 8 heteroatoms. The first-order valence-electron chi connectivity index (χ1n) is 9.66. The average Bonchev–Trinajstić information content (AvgIpc) is 2.64. The summed E-state index contributed by atoms with van der Waals surface area (Å²) < 4.78 is 58.1. The lowest BCUT2D eigenvalue weighted by atomic mass is 9.95. The Bertz CT molecular complexity index is 814. The predicted octanol–water partition coefficient (Wildman–Crippen LogP) is 4.85. The molecule has 2 N–H and O–H groups in total. The van der Waals surface area contributed by atoms with Gasteiger partial charge in [0, 0.05) is 0 Å². The molecule has 0 fully saturated rings. The second-order valence-corrected chi connectivity index (χ2v) is 13.1. The van der Waals surface area contributed by atoms with Crippen molar-refractivity contribution in [2.75, 3.05) is 0 Å². The van der Waals surface area contributed by atoms with Gasteiger partial charge in [-0.2, -0.15) is 0 Å². The van der Waals surface area contributed by atoms with Gasteiger partial charge in [-0.05, 0) is 76.9 Å². The van der Waals surface area contributed by atoms with E-state index < -0.39 is 43.5 Å². The summed E-state index contributed by atoms with van der Waals surface area (Å²) in [4.78, 5) is 0. The average molecular weight is 457 g/mol. The van der Waals surface area contributed by atoms with E-state index in [1.807, 2.05) is 41.5 Å². The molecule has 0 aliphatic heterocycles. The number of nitrogens with one attached hydrogen (secondary N) is 2. The Morgan fingerprint density at radius 3 is 1.13 bits per heavy atom. The molecular formula is C22H30F2N2O2S2. The van der Waals surface area contributed by atoms with Crippen molar-refractivity contribution in [3.05, 3.63) is 71.3 Å². The topological polar surface area (TPSA) is 58.2 Å². The lowest BCUT2D eigenvalue weighted by Crippen LogP contribution is -2.44. The van der Waals surface area contributed by atoms with E-state index in [-0.39, 0.29) is 11.6 Å². The van der Waals surface area contributed by atoms with Crippen molar-refractivity contribution in [3.63, 3.8) is 0 Å². The van der Waals surface area contributed by atoms with Gasteiger partial charge in [0.05, 0.1) is 43.5 Å². The van der Waals surface area contributed by atoms with Crippen molar-refractivity contribution in [3.8, 4) is 0 Å². The van der Waals surface area contributed by atoms with Crippen LogP contribution in [0.2, 0.25) is 0 Å². The molecule has 30 heavy (non-hydrogen) atoms. The molecule has 2 aromatic carbocycles. The summed E-state index contributed by atoms with van der Waals surface area (Å²) >= 11 is 0. The molecule has 2 rings (SSSR count). The zero-order valence-electron chi connectivity index (χ0n) is 18.2. The molecule has 0 saturated heterocycles. The number of hydrogen-bond donors (Lipinski definition) is 2. The Labute approximate surface area is 183 Å². The third-order valence-electron chi connectivity index (χ3n) is 4.37. The Hall–Kier alpha value is -1.48. The summed E-state index contributed by atoms with van der Waals surface area (Å²) in [6, 6.07) is 10.5. The van der Waals surface area contributed by atoms with E-state index in [2.05, 4.69) is 9.44 Å². The van der Waals surface area contributed by atoms with Crippen molar-refractivity contribution in [2.24, 2.45) is 0 Å². The molecule has 0 bridgehead atoms. The van der Waals surface area contributed by atoms with E-state index in [0.29, 0.717) is 11.1 Å². The fourth-order valence-electron chi connectivity index (χ4n) is 2.58. The van der Waals surface area contributed by atoms with Crippen LogP contribution in [0.1, 0.15) is 64.8 Å². The third kappa shape index (κ3) is 6.77. The summed E-state index contributed by atoms with van der Waals surface area (Å²) in [5.41, 5.74) is 1.34. The van der Waals surface area contributed by atoms with Crippen LogP contribution in [-0.4, -0.2) is 17.9 Å². The predicted molar refractivity (Wildman–Crippen MR) is 120 cm³/mol. The number of rotatable bonds is 7. The summed E-state index contributed by atoms with van der Waals surface area (Å²) in [6.45, 7) is 11.0. The van der Waals surface area contributed by atoms with Crippen LogP contribution in [0.25, 0.3) is 0 Å². The van der Waals surface area contributed by atoms with Gasteiger partial charge >= 0.3 is 0 Å². The first-order chi connectivity index (χ1) is 13.8. The molecule has 4 nitrogen and oxygen atoms in total. The van der Waals surface area contributed by atoms with Gasteiger partial charge in [-0.3, -0.25) is 0 Å². The fraction of sp³-hybridized carbons (Fsp3) is 0.455. The molecule has 4 atom stereocenters. The van der Waals surface area contributed by atoms with Crippen LogP contribution in [0.3, 0.4) is 0 Å². The van der Waals surface area contributed by atoms with Crippen molar-refractivity contribution in [1.29, 1.82) is 0 Å². The zero-order valence-corrected chi connectivity index (χ0v) is 19.8. The molecule has 0 saturated carbocycles. The Balaban J connectivity index is 2.57. The van der Waals surface area contributed by atoms with E-state index in [1.165, 1.54) is 24.3 Å². The van der Waals surface area contributed by atoms with Crippen LogP contribution in [0.4, 0.5) is 8.78 Å². The third-order valence-corrected chi connectivity index (χ3v) is 7.53. The van der Waals surface area contributed by atoms with Crippen LogP contribution in [0.5, 0.6) is 0 Å². The highest BCUT2D eigenvalue weighted by atomic mass is 32.2. The van der Waals surface area contributed by atoms with Gasteiger partial charge in [0.1, 0.15) is 11.6 Å². The summed E-state index contributed by atoms with van der Waals surface area (Å²) in [5.74, 6) is -0.780.